The standard InChI is InChI=1S/C44H84N2O6/c1-4-6-8-10-12-14-16-18-20-22-24-26-28-30-32-34-41(49)51-40(3)43(44(45-36-38-47)46-37-39-48)52-42(50)35-33-31-29-27-25-23-21-19-17-15-13-11-9-7-5-2/h18-21,40,43-48H,4-17,22-39H2,1-3H3/b20-18-,21-19-. The van der Waals surface area contributed by atoms with Gasteiger partial charge in [-0.1, -0.05) is 141 Å². The second-order valence-corrected chi connectivity index (χ2v) is 14.7. The van der Waals surface area contributed by atoms with Gasteiger partial charge in [-0.15, -0.1) is 0 Å². The van der Waals surface area contributed by atoms with Gasteiger partial charge in [0.15, 0.2) is 6.10 Å². The summed E-state index contributed by atoms with van der Waals surface area (Å²) in [5.41, 5.74) is 0. The molecule has 0 fully saturated rings. The van der Waals surface area contributed by atoms with Crippen molar-refractivity contribution in [2.45, 2.75) is 219 Å². The minimum absolute atomic E-state index is 0.101. The Morgan fingerprint density at radius 2 is 0.827 bits per heavy atom. The van der Waals surface area contributed by atoms with Crippen LogP contribution in [0.5, 0.6) is 0 Å². The molecule has 0 aliphatic heterocycles. The van der Waals surface area contributed by atoms with Crippen molar-refractivity contribution in [3.8, 4) is 0 Å². The van der Waals surface area contributed by atoms with E-state index in [-0.39, 0.29) is 38.2 Å². The van der Waals surface area contributed by atoms with E-state index in [9.17, 15) is 19.8 Å². The number of ether oxygens (including phenoxy) is 2. The summed E-state index contributed by atoms with van der Waals surface area (Å²) in [5, 5.41) is 25.1. The van der Waals surface area contributed by atoms with Crippen molar-refractivity contribution in [3.63, 3.8) is 0 Å². The van der Waals surface area contributed by atoms with Gasteiger partial charge in [-0.25, -0.2) is 0 Å². The highest BCUT2D eigenvalue weighted by atomic mass is 16.6. The lowest BCUT2D eigenvalue weighted by Gasteiger charge is -2.32. The highest BCUT2D eigenvalue weighted by molar-refractivity contribution is 5.70. The van der Waals surface area contributed by atoms with Gasteiger partial charge in [0.05, 0.1) is 19.4 Å². The molecule has 0 aliphatic carbocycles. The van der Waals surface area contributed by atoms with E-state index < -0.39 is 18.4 Å². The molecule has 0 aliphatic rings. The molecule has 0 radical (unpaired) electrons. The lowest BCUT2D eigenvalue weighted by Crippen LogP contribution is -2.57. The van der Waals surface area contributed by atoms with Crippen molar-refractivity contribution in [3.05, 3.63) is 24.3 Å². The summed E-state index contributed by atoms with van der Waals surface area (Å²) in [4.78, 5) is 25.7. The second kappa shape index (κ2) is 40.4. The first-order valence-corrected chi connectivity index (χ1v) is 21.9. The Balaban J connectivity index is 4.41. The van der Waals surface area contributed by atoms with Crippen LogP contribution in [-0.2, 0) is 19.1 Å². The predicted molar refractivity (Wildman–Crippen MR) is 218 cm³/mol. The Morgan fingerprint density at radius 1 is 0.500 bits per heavy atom. The molecule has 8 heteroatoms. The van der Waals surface area contributed by atoms with Gasteiger partial charge in [0.25, 0.3) is 0 Å². The largest absolute Gasteiger partial charge is 0.459 e. The van der Waals surface area contributed by atoms with Crippen LogP contribution < -0.4 is 10.6 Å². The average Bonchev–Trinajstić information content (AvgIpc) is 3.14. The van der Waals surface area contributed by atoms with E-state index in [1.165, 1.54) is 103 Å². The van der Waals surface area contributed by atoms with E-state index in [1.807, 2.05) is 0 Å². The quantitative estimate of drug-likeness (QED) is 0.0213. The fourth-order valence-electron chi connectivity index (χ4n) is 6.40. The van der Waals surface area contributed by atoms with Crippen molar-refractivity contribution >= 4 is 11.9 Å². The fourth-order valence-corrected chi connectivity index (χ4v) is 6.40. The first-order valence-electron chi connectivity index (χ1n) is 21.9. The van der Waals surface area contributed by atoms with Gasteiger partial charge < -0.3 is 19.7 Å². The minimum atomic E-state index is -0.799. The maximum absolute atomic E-state index is 12.9. The molecule has 52 heavy (non-hydrogen) atoms. The number of hydrogen-bond donors (Lipinski definition) is 4. The average molecular weight is 737 g/mol. The Hall–Kier alpha value is -1.74. The molecule has 0 saturated carbocycles. The molecular weight excluding hydrogens is 652 g/mol. The zero-order chi connectivity index (χ0) is 38.2. The summed E-state index contributed by atoms with van der Waals surface area (Å²) in [6, 6.07) is 0. The monoisotopic (exact) mass is 737 g/mol. The molecule has 0 bridgehead atoms. The van der Waals surface area contributed by atoms with Crippen LogP contribution in [0, 0.1) is 0 Å². The predicted octanol–water partition coefficient (Wildman–Crippen LogP) is 10.4. The molecule has 0 aromatic rings. The third kappa shape index (κ3) is 34.1. The lowest BCUT2D eigenvalue weighted by atomic mass is 10.1. The first-order chi connectivity index (χ1) is 25.5. The van der Waals surface area contributed by atoms with Crippen LogP contribution in [0.25, 0.3) is 0 Å². The highest BCUT2D eigenvalue weighted by Crippen LogP contribution is 2.16. The SMILES string of the molecule is CCCCCCCC/C=C\CCCCCCCC(=O)OC(C)C(OC(=O)CCCCCCC/C=C\CCCCCCCC)C(NCCO)NCCO. The molecule has 0 amide bonds. The summed E-state index contributed by atoms with van der Waals surface area (Å²) in [6.07, 6.45) is 38.9. The van der Waals surface area contributed by atoms with Gasteiger partial charge >= 0.3 is 11.9 Å². The third-order valence-corrected chi connectivity index (χ3v) is 9.61. The number of hydrogen-bond acceptors (Lipinski definition) is 8. The number of rotatable bonds is 40. The molecule has 4 N–H and O–H groups in total. The molecule has 0 rings (SSSR count). The number of unbranched alkanes of at least 4 members (excludes halogenated alkanes) is 22. The highest BCUT2D eigenvalue weighted by Gasteiger charge is 2.32. The molecule has 8 nitrogen and oxygen atoms in total. The van der Waals surface area contributed by atoms with Gasteiger partial charge in [-0.3, -0.25) is 20.2 Å². The van der Waals surface area contributed by atoms with Crippen LogP contribution in [0.15, 0.2) is 24.3 Å². The van der Waals surface area contributed by atoms with Gasteiger partial charge in [0.2, 0.25) is 0 Å². The zero-order valence-electron chi connectivity index (χ0n) is 34.2. The molecule has 0 aromatic carbocycles. The van der Waals surface area contributed by atoms with Gasteiger partial charge in [-0.05, 0) is 71.1 Å². The van der Waals surface area contributed by atoms with Crippen molar-refractivity contribution in [2.24, 2.45) is 0 Å². The molecule has 0 aromatic heterocycles. The smallest absolute Gasteiger partial charge is 0.306 e. The Morgan fingerprint density at radius 3 is 1.19 bits per heavy atom. The Kier molecular flexibility index (Phi) is 39.1. The van der Waals surface area contributed by atoms with Crippen LogP contribution in [0.2, 0.25) is 0 Å². The van der Waals surface area contributed by atoms with Gasteiger partial charge in [0.1, 0.15) is 6.10 Å². The number of nitrogens with one attached hydrogen (secondary N) is 2. The Labute approximate surface area is 320 Å². The van der Waals surface area contributed by atoms with Crippen molar-refractivity contribution in [1.82, 2.24) is 10.6 Å². The van der Waals surface area contributed by atoms with Crippen LogP contribution in [-0.4, -0.2) is 66.8 Å². The molecule has 0 heterocycles. The van der Waals surface area contributed by atoms with Crippen LogP contribution >= 0.6 is 0 Å². The maximum Gasteiger partial charge on any atom is 0.306 e. The molecule has 0 spiro atoms. The van der Waals surface area contributed by atoms with Gasteiger partial charge in [0, 0.05) is 25.9 Å². The third-order valence-electron chi connectivity index (χ3n) is 9.61. The molecular formula is C44H84N2O6. The number of aliphatic hydroxyl groups excluding tert-OH is 2. The fraction of sp³-hybridized carbons (Fsp3) is 0.864. The molecule has 306 valence electrons. The number of carbonyl (C=O) groups excluding carboxylic acids is 2. The van der Waals surface area contributed by atoms with Crippen LogP contribution in [0.3, 0.4) is 0 Å². The number of aliphatic hydroxyl groups is 2. The minimum Gasteiger partial charge on any atom is -0.459 e. The van der Waals surface area contributed by atoms with Crippen molar-refractivity contribution in [1.29, 1.82) is 0 Å². The van der Waals surface area contributed by atoms with E-state index >= 15 is 0 Å². The number of allylic oxidation sites excluding steroid dienone is 4. The van der Waals surface area contributed by atoms with E-state index in [0.29, 0.717) is 12.8 Å². The van der Waals surface area contributed by atoms with Crippen LogP contribution in [0.1, 0.15) is 201 Å². The summed E-state index contributed by atoms with van der Waals surface area (Å²) < 4.78 is 11.7. The molecule has 2 atom stereocenters. The second-order valence-electron chi connectivity index (χ2n) is 14.7. The lowest BCUT2D eigenvalue weighted by molar-refractivity contribution is -0.170. The Bertz CT molecular complexity index is 828. The summed E-state index contributed by atoms with van der Waals surface area (Å²) in [6.45, 7) is 6.58. The number of carbonyl (C=O) groups is 2. The van der Waals surface area contributed by atoms with Crippen molar-refractivity contribution < 1.29 is 29.3 Å². The maximum atomic E-state index is 12.9. The summed E-state index contributed by atoms with van der Waals surface area (Å²) in [5.74, 6) is -0.629. The summed E-state index contributed by atoms with van der Waals surface area (Å²) >= 11 is 0. The number of esters is 2. The van der Waals surface area contributed by atoms with Crippen molar-refractivity contribution in [2.75, 3.05) is 26.3 Å². The normalized spacial score (nSPS) is 13.0. The van der Waals surface area contributed by atoms with Crippen LogP contribution in [0.4, 0.5) is 0 Å². The van der Waals surface area contributed by atoms with E-state index in [1.54, 1.807) is 6.92 Å². The zero-order valence-corrected chi connectivity index (χ0v) is 34.2. The molecule has 2 unspecified atom stereocenters. The van der Waals surface area contributed by atoms with Gasteiger partial charge in [-0.2, -0.15) is 0 Å². The van der Waals surface area contributed by atoms with E-state index in [0.717, 1.165) is 64.2 Å². The van der Waals surface area contributed by atoms with E-state index in [4.69, 9.17) is 9.47 Å². The summed E-state index contributed by atoms with van der Waals surface area (Å²) in [7, 11) is 0. The topological polar surface area (TPSA) is 117 Å². The van der Waals surface area contributed by atoms with E-state index in [2.05, 4.69) is 48.8 Å². The first kappa shape index (κ1) is 50.3. The molecule has 0 saturated heterocycles.